The van der Waals surface area contributed by atoms with Crippen LogP contribution in [0.15, 0.2) is 0 Å². The molecule has 2 nitrogen and oxygen atoms in total. The number of alkyl halides is 1. The maximum atomic E-state index is 10.7. The fourth-order valence-corrected chi connectivity index (χ4v) is 8.19. The number of fused-ring (bicyclic) bond motifs is 5. The van der Waals surface area contributed by atoms with E-state index in [1.165, 1.54) is 32.1 Å². The van der Waals surface area contributed by atoms with E-state index in [-0.39, 0.29) is 17.6 Å². The highest BCUT2D eigenvalue weighted by Gasteiger charge is 2.61. The molecule has 0 bridgehead atoms. The molecule has 3 unspecified atom stereocenters. The Balaban J connectivity index is 1.63. The summed E-state index contributed by atoms with van der Waals surface area (Å²) >= 11 is 3.75. The minimum Gasteiger partial charge on any atom is -0.393 e. The molecule has 2 N–H and O–H groups in total. The van der Waals surface area contributed by atoms with E-state index in [2.05, 4.69) is 29.8 Å². The molecular formula is C19H31BrO2. The molecule has 0 saturated heterocycles. The van der Waals surface area contributed by atoms with Crippen LogP contribution in [0.4, 0.5) is 0 Å². The fraction of sp³-hybridized carbons (Fsp3) is 1.00. The van der Waals surface area contributed by atoms with Crippen LogP contribution in [0, 0.1) is 34.5 Å². The van der Waals surface area contributed by atoms with Crippen molar-refractivity contribution in [3.05, 3.63) is 0 Å². The maximum Gasteiger partial charge on any atom is 0.0721 e. The summed E-state index contributed by atoms with van der Waals surface area (Å²) in [6.07, 6.45) is 9.28. The third kappa shape index (κ3) is 2.04. The Morgan fingerprint density at radius 2 is 1.59 bits per heavy atom. The second-order valence-electron chi connectivity index (χ2n) is 9.33. The molecule has 0 spiro atoms. The molecule has 126 valence electrons. The van der Waals surface area contributed by atoms with E-state index in [0.29, 0.717) is 16.2 Å². The fourth-order valence-electron chi connectivity index (χ4n) is 7.18. The van der Waals surface area contributed by atoms with Gasteiger partial charge < -0.3 is 10.2 Å². The van der Waals surface area contributed by atoms with Crippen LogP contribution in [0.5, 0.6) is 0 Å². The zero-order valence-electron chi connectivity index (χ0n) is 14.0. The molecule has 0 heterocycles. The largest absolute Gasteiger partial charge is 0.393 e. The first-order valence-electron chi connectivity index (χ1n) is 9.36. The first-order chi connectivity index (χ1) is 10.4. The Hall–Kier alpha value is 0.400. The van der Waals surface area contributed by atoms with Gasteiger partial charge in [0.05, 0.1) is 12.2 Å². The highest BCUT2D eigenvalue weighted by atomic mass is 79.9. The van der Waals surface area contributed by atoms with Gasteiger partial charge in [-0.25, -0.2) is 0 Å². The van der Waals surface area contributed by atoms with E-state index in [1.54, 1.807) is 0 Å². The van der Waals surface area contributed by atoms with Crippen molar-refractivity contribution in [2.24, 2.45) is 34.5 Å². The lowest BCUT2D eigenvalue weighted by Gasteiger charge is -2.60. The van der Waals surface area contributed by atoms with Gasteiger partial charge in [-0.2, -0.15) is 0 Å². The van der Waals surface area contributed by atoms with Gasteiger partial charge in [0.15, 0.2) is 0 Å². The van der Waals surface area contributed by atoms with Crippen LogP contribution in [0.2, 0.25) is 0 Å². The average Bonchev–Trinajstić information content (AvgIpc) is 2.72. The number of aliphatic hydroxyl groups is 2. The van der Waals surface area contributed by atoms with E-state index in [0.717, 1.165) is 37.0 Å². The normalized spacial score (nSPS) is 61.2. The van der Waals surface area contributed by atoms with Crippen LogP contribution in [-0.4, -0.2) is 27.2 Å². The van der Waals surface area contributed by atoms with Gasteiger partial charge in [0.1, 0.15) is 0 Å². The molecule has 0 aromatic carbocycles. The first kappa shape index (κ1) is 15.9. The standard InChI is InChI=1S/C19H31BrO2/c1-18-7-5-12(21)9-11(18)3-4-13-14(18)6-8-19(2)15(13)10-16(20)17(19)22/h11-17,21-22H,3-10H2,1-2H3/t11-,12-,13?,14?,15?,16+,17-,18-,19-/m0/s1. The van der Waals surface area contributed by atoms with Gasteiger partial charge in [-0.3, -0.25) is 0 Å². The number of hydrogen-bond acceptors (Lipinski definition) is 2. The maximum absolute atomic E-state index is 10.7. The van der Waals surface area contributed by atoms with Crippen molar-refractivity contribution in [2.75, 3.05) is 0 Å². The van der Waals surface area contributed by atoms with Gasteiger partial charge in [-0.1, -0.05) is 29.8 Å². The van der Waals surface area contributed by atoms with Gasteiger partial charge in [-0.05, 0) is 85.9 Å². The van der Waals surface area contributed by atoms with Gasteiger partial charge >= 0.3 is 0 Å². The van der Waals surface area contributed by atoms with Crippen molar-refractivity contribution in [3.8, 4) is 0 Å². The highest BCUT2D eigenvalue weighted by molar-refractivity contribution is 9.09. The third-order valence-corrected chi connectivity index (χ3v) is 9.45. The summed E-state index contributed by atoms with van der Waals surface area (Å²) in [7, 11) is 0. The minimum absolute atomic E-state index is 0.0521. The second-order valence-corrected chi connectivity index (χ2v) is 10.5. The number of hydrogen-bond donors (Lipinski definition) is 2. The Kier molecular flexibility index (Phi) is 3.76. The molecule has 0 aromatic rings. The molecule has 0 aromatic heterocycles. The topological polar surface area (TPSA) is 40.5 Å². The average molecular weight is 371 g/mol. The predicted molar refractivity (Wildman–Crippen MR) is 91.8 cm³/mol. The SMILES string of the molecule is C[C@]12CCC3C(CC[C@H]4C[C@@H](O)CC[C@]34C)C1C[C@@H](Br)[C@@H]2O. The minimum atomic E-state index is -0.169. The molecule has 0 amide bonds. The van der Waals surface area contributed by atoms with E-state index in [4.69, 9.17) is 0 Å². The van der Waals surface area contributed by atoms with E-state index in [1.807, 2.05) is 0 Å². The molecule has 4 saturated carbocycles. The summed E-state index contributed by atoms with van der Waals surface area (Å²) in [4.78, 5) is 0.292. The van der Waals surface area contributed by atoms with E-state index < -0.39 is 0 Å². The van der Waals surface area contributed by atoms with Gasteiger partial charge in [0.2, 0.25) is 0 Å². The first-order valence-corrected chi connectivity index (χ1v) is 10.3. The van der Waals surface area contributed by atoms with Crippen molar-refractivity contribution < 1.29 is 10.2 Å². The van der Waals surface area contributed by atoms with Crippen LogP contribution in [0.1, 0.15) is 65.2 Å². The zero-order chi connectivity index (χ0) is 15.7. The van der Waals surface area contributed by atoms with Gasteiger partial charge in [0, 0.05) is 4.83 Å². The molecule has 3 heteroatoms. The van der Waals surface area contributed by atoms with Crippen LogP contribution in [0.3, 0.4) is 0 Å². The van der Waals surface area contributed by atoms with Crippen LogP contribution < -0.4 is 0 Å². The lowest BCUT2D eigenvalue weighted by molar-refractivity contribution is -0.133. The van der Waals surface area contributed by atoms with Crippen molar-refractivity contribution in [3.63, 3.8) is 0 Å². The summed E-state index contributed by atoms with van der Waals surface area (Å²) in [6.45, 7) is 4.87. The molecular weight excluding hydrogens is 340 g/mol. The molecule has 4 fully saturated rings. The van der Waals surface area contributed by atoms with Crippen molar-refractivity contribution in [1.29, 1.82) is 0 Å². The lowest BCUT2D eigenvalue weighted by atomic mass is 9.45. The van der Waals surface area contributed by atoms with Crippen molar-refractivity contribution >= 4 is 15.9 Å². The number of halogens is 1. The Labute approximate surface area is 143 Å². The predicted octanol–water partition coefficient (Wildman–Crippen LogP) is 4.12. The van der Waals surface area contributed by atoms with Crippen molar-refractivity contribution in [1.82, 2.24) is 0 Å². The monoisotopic (exact) mass is 370 g/mol. The Bertz CT molecular complexity index is 455. The molecule has 0 aliphatic heterocycles. The van der Waals surface area contributed by atoms with E-state index in [9.17, 15) is 10.2 Å². The molecule has 4 rings (SSSR count). The van der Waals surface area contributed by atoms with E-state index >= 15 is 0 Å². The number of rotatable bonds is 0. The summed E-state index contributed by atoms with van der Waals surface area (Å²) in [5.41, 5.74) is 0.575. The third-order valence-electron chi connectivity index (χ3n) is 8.57. The molecule has 4 aliphatic rings. The summed E-state index contributed by atoms with van der Waals surface area (Å²) in [5, 5.41) is 20.8. The Morgan fingerprint density at radius 1 is 0.864 bits per heavy atom. The van der Waals surface area contributed by atoms with Gasteiger partial charge in [-0.15, -0.1) is 0 Å². The molecule has 0 radical (unpaired) electrons. The van der Waals surface area contributed by atoms with Crippen molar-refractivity contribution in [2.45, 2.75) is 82.2 Å². The zero-order valence-corrected chi connectivity index (χ0v) is 15.6. The quantitative estimate of drug-likeness (QED) is 0.629. The molecule has 22 heavy (non-hydrogen) atoms. The highest BCUT2D eigenvalue weighted by Crippen LogP contribution is 2.66. The van der Waals surface area contributed by atoms with Crippen LogP contribution in [0.25, 0.3) is 0 Å². The van der Waals surface area contributed by atoms with Gasteiger partial charge in [0.25, 0.3) is 0 Å². The number of aliphatic hydroxyl groups excluding tert-OH is 2. The van der Waals surface area contributed by atoms with Crippen LogP contribution >= 0.6 is 15.9 Å². The van der Waals surface area contributed by atoms with Crippen LogP contribution in [-0.2, 0) is 0 Å². The summed E-state index contributed by atoms with van der Waals surface area (Å²) in [6, 6.07) is 0. The smallest absolute Gasteiger partial charge is 0.0721 e. The second kappa shape index (κ2) is 5.20. The molecule has 9 atom stereocenters. The Morgan fingerprint density at radius 3 is 2.36 bits per heavy atom. The lowest BCUT2D eigenvalue weighted by Crippen LogP contribution is -2.54. The molecule has 4 aliphatic carbocycles. The summed E-state index contributed by atoms with van der Waals surface area (Å²) in [5.74, 6) is 3.04. The summed E-state index contributed by atoms with van der Waals surface area (Å²) < 4.78 is 0.